The first kappa shape index (κ1) is 21.2. The molecule has 1 atom stereocenters. The van der Waals surface area contributed by atoms with Gasteiger partial charge in [-0.2, -0.15) is 0 Å². The predicted molar refractivity (Wildman–Crippen MR) is 91.9 cm³/mol. The molecule has 1 unspecified atom stereocenters. The van der Waals surface area contributed by atoms with E-state index < -0.39 is 5.54 Å². The zero-order chi connectivity index (χ0) is 16.0. The molecule has 0 saturated carbocycles. The molecule has 1 aliphatic rings. The van der Waals surface area contributed by atoms with Gasteiger partial charge in [0.05, 0.1) is 5.54 Å². The summed E-state index contributed by atoms with van der Waals surface area (Å²) in [6.07, 6.45) is 3.82. The number of nitrogens with zero attached hydrogens (tertiary/aromatic N) is 1. The van der Waals surface area contributed by atoms with Crippen LogP contribution in [0.1, 0.15) is 59.8 Å². The van der Waals surface area contributed by atoms with Gasteiger partial charge in [-0.1, -0.05) is 27.2 Å². The fourth-order valence-corrected chi connectivity index (χ4v) is 2.73. The monoisotopic (exact) mass is 333 g/mol. The van der Waals surface area contributed by atoms with Crippen molar-refractivity contribution in [3.05, 3.63) is 0 Å². The largest absolute Gasteiger partial charge is 0.352 e. The molecule has 130 valence electrons. The van der Waals surface area contributed by atoms with Crippen LogP contribution >= 0.6 is 12.4 Å². The maximum Gasteiger partial charge on any atom is 0.240 e. The summed E-state index contributed by atoms with van der Waals surface area (Å²) in [5.41, 5.74) is 5.25. The average molecular weight is 334 g/mol. The quantitative estimate of drug-likeness (QED) is 0.781. The number of hydrogen-bond acceptors (Lipinski definition) is 3. The topological polar surface area (TPSA) is 75.4 Å². The van der Waals surface area contributed by atoms with E-state index in [4.69, 9.17) is 5.73 Å². The molecule has 22 heavy (non-hydrogen) atoms. The number of nitrogens with two attached hydrogens (primary N) is 1. The Hall–Kier alpha value is -0.810. The Kier molecular flexibility index (Phi) is 9.01. The molecule has 1 heterocycles. The van der Waals surface area contributed by atoms with Crippen molar-refractivity contribution in [2.45, 2.75) is 71.4 Å². The summed E-state index contributed by atoms with van der Waals surface area (Å²) in [6.45, 7) is 9.38. The first-order chi connectivity index (χ1) is 9.76. The summed E-state index contributed by atoms with van der Waals surface area (Å²) in [7, 11) is 0. The SMILES string of the molecule is CCCC(C)(N)C(=O)NC1CCN(C(=O)CC(C)C)CC1.Cl. The van der Waals surface area contributed by atoms with Gasteiger partial charge in [-0.3, -0.25) is 9.59 Å². The second-order valence-electron chi connectivity index (χ2n) is 6.89. The Labute approximate surface area is 140 Å². The van der Waals surface area contributed by atoms with Crippen LogP contribution in [0.4, 0.5) is 0 Å². The van der Waals surface area contributed by atoms with Crippen LogP contribution in [-0.4, -0.2) is 41.4 Å². The smallest absolute Gasteiger partial charge is 0.240 e. The van der Waals surface area contributed by atoms with Crippen molar-refractivity contribution in [3.8, 4) is 0 Å². The van der Waals surface area contributed by atoms with Crippen LogP contribution in [0.5, 0.6) is 0 Å². The molecular weight excluding hydrogens is 302 g/mol. The zero-order valence-electron chi connectivity index (χ0n) is 14.4. The molecule has 0 aliphatic carbocycles. The van der Waals surface area contributed by atoms with E-state index in [1.165, 1.54) is 0 Å². The highest BCUT2D eigenvalue weighted by Gasteiger charge is 2.30. The summed E-state index contributed by atoms with van der Waals surface area (Å²) in [4.78, 5) is 26.1. The lowest BCUT2D eigenvalue weighted by atomic mass is 9.95. The van der Waals surface area contributed by atoms with Crippen LogP contribution in [0.25, 0.3) is 0 Å². The highest BCUT2D eigenvalue weighted by Crippen LogP contribution is 2.15. The molecule has 1 fully saturated rings. The number of likely N-dealkylation sites (tertiary alicyclic amines) is 1. The van der Waals surface area contributed by atoms with Gasteiger partial charge < -0.3 is 16.0 Å². The third-order valence-electron chi connectivity index (χ3n) is 4.05. The lowest BCUT2D eigenvalue weighted by Crippen LogP contribution is -2.56. The summed E-state index contributed by atoms with van der Waals surface area (Å²) in [5.74, 6) is 0.544. The van der Waals surface area contributed by atoms with Gasteiger partial charge in [-0.25, -0.2) is 0 Å². The van der Waals surface area contributed by atoms with Crippen molar-refractivity contribution in [1.29, 1.82) is 0 Å². The van der Waals surface area contributed by atoms with Gasteiger partial charge >= 0.3 is 0 Å². The molecule has 0 radical (unpaired) electrons. The molecule has 1 rings (SSSR count). The number of rotatable bonds is 6. The number of carbonyl (C=O) groups excluding carboxylic acids is 2. The van der Waals surface area contributed by atoms with E-state index in [1.807, 2.05) is 11.8 Å². The Morgan fingerprint density at radius 1 is 1.32 bits per heavy atom. The van der Waals surface area contributed by atoms with Gasteiger partial charge in [0, 0.05) is 25.6 Å². The lowest BCUT2D eigenvalue weighted by molar-refractivity contribution is -0.133. The molecule has 3 N–H and O–H groups in total. The number of amides is 2. The summed E-state index contributed by atoms with van der Waals surface area (Å²) in [5, 5.41) is 3.04. The van der Waals surface area contributed by atoms with Crippen molar-refractivity contribution in [2.24, 2.45) is 11.7 Å². The Bertz CT molecular complexity index is 364. The van der Waals surface area contributed by atoms with Crippen LogP contribution in [0.2, 0.25) is 0 Å². The molecule has 0 aromatic carbocycles. The molecule has 0 aromatic rings. The lowest BCUT2D eigenvalue weighted by Gasteiger charge is -2.34. The molecule has 1 saturated heterocycles. The fraction of sp³-hybridized carbons (Fsp3) is 0.875. The van der Waals surface area contributed by atoms with Gasteiger partial charge in [0.2, 0.25) is 11.8 Å². The van der Waals surface area contributed by atoms with Gasteiger partial charge in [0.1, 0.15) is 0 Å². The Balaban J connectivity index is 0.00000441. The first-order valence-electron chi connectivity index (χ1n) is 8.14. The Morgan fingerprint density at radius 2 is 1.86 bits per heavy atom. The molecular formula is C16H32ClN3O2. The van der Waals surface area contributed by atoms with Gasteiger partial charge in [-0.15, -0.1) is 12.4 Å². The molecule has 1 aliphatic heterocycles. The minimum atomic E-state index is -0.792. The number of halogens is 1. The van der Waals surface area contributed by atoms with Gasteiger partial charge in [0.15, 0.2) is 0 Å². The summed E-state index contributed by atoms with van der Waals surface area (Å²) >= 11 is 0. The molecule has 0 bridgehead atoms. The van der Waals surface area contributed by atoms with Crippen molar-refractivity contribution in [1.82, 2.24) is 10.2 Å². The highest BCUT2D eigenvalue weighted by molar-refractivity contribution is 5.86. The molecule has 0 aromatic heterocycles. The third-order valence-corrected chi connectivity index (χ3v) is 4.05. The minimum absolute atomic E-state index is 0. The van der Waals surface area contributed by atoms with E-state index in [0.717, 1.165) is 32.4 Å². The second-order valence-corrected chi connectivity index (χ2v) is 6.89. The van der Waals surface area contributed by atoms with Gasteiger partial charge in [0.25, 0.3) is 0 Å². The van der Waals surface area contributed by atoms with E-state index in [0.29, 0.717) is 18.8 Å². The van der Waals surface area contributed by atoms with Crippen LogP contribution < -0.4 is 11.1 Å². The summed E-state index contributed by atoms with van der Waals surface area (Å²) in [6, 6.07) is 0.139. The third kappa shape index (κ3) is 6.53. The van der Waals surface area contributed by atoms with Crippen molar-refractivity contribution in [2.75, 3.05) is 13.1 Å². The van der Waals surface area contributed by atoms with Crippen LogP contribution in [-0.2, 0) is 9.59 Å². The van der Waals surface area contributed by atoms with Crippen molar-refractivity contribution >= 4 is 24.2 Å². The molecule has 5 nitrogen and oxygen atoms in total. The zero-order valence-corrected chi connectivity index (χ0v) is 15.2. The van der Waals surface area contributed by atoms with Gasteiger partial charge in [-0.05, 0) is 32.1 Å². The molecule has 6 heteroatoms. The number of piperidine rings is 1. The molecule has 2 amide bonds. The van der Waals surface area contributed by atoms with E-state index >= 15 is 0 Å². The fourth-order valence-electron chi connectivity index (χ4n) is 2.73. The van der Waals surface area contributed by atoms with Crippen molar-refractivity contribution in [3.63, 3.8) is 0 Å². The predicted octanol–water partition coefficient (Wildman–Crippen LogP) is 2.08. The molecule has 0 spiro atoms. The van der Waals surface area contributed by atoms with E-state index in [1.54, 1.807) is 6.92 Å². The van der Waals surface area contributed by atoms with Crippen LogP contribution in [0.15, 0.2) is 0 Å². The van der Waals surface area contributed by atoms with Crippen LogP contribution in [0.3, 0.4) is 0 Å². The standard InChI is InChI=1S/C16H31N3O2.ClH/c1-5-8-16(4,17)15(21)18-13-6-9-19(10-7-13)14(20)11-12(2)3;/h12-13H,5-11,17H2,1-4H3,(H,18,21);1H. The first-order valence-corrected chi connectivity index (χ1v) is 8.14. The summed E-state index contributed by atoms with van der Waals surface area (Å²) < 4.78 is 0. The number of nitrogens with one attached hydrogen (secondary N) is 1. The average Bonchev–Trinajstić information content (AvgIpc) is 2.38. The maximum absolute atomic E-state index is 12.2. The Morgan fingerprint density at radius 3 is 2.32 bits per heavy atom. The number of carbonyl (C=O) groups is 2. The second kappa shape index (κ2) is 9.36. The van der Waals surface area contributed by atoms with E-state index in [9.17, 15) is 9.59 Å². The van der Waals surface area contributed by atoms with Crippen LogP contribution in [0, 0.1) is 5.92 Å². The highest BCUT2D eigenvalue weighted by atomic mass is 35.5. The number of hydrogen-bond donors (Lipinski definition) is 2. The van der Waals surface area contributed by atoms with E-state index in [-0.39, 0.29) is 30.3 Å². The van der Waals surface area contributed by atoms with Crippen molar-refractivity contribution < 1.29 is 9.59 Å². The maximum atomic E-state index is 12.2. The van der Waals surface area contributed by atoms with E-state index in [2.05, 4.69) is 19.2 Å². The normalized spacial score (nSPS) is 18.5. The minimum Gasteiger partial charge on any atom is -0.352 e.